The zero-order chi connectivity index (χ0) is 8.72. The fourth-order valence-corrected chi connectivity index (χ4v) is 1.47. The molecular weight excluding hydrogens is 152 g/mol. The minimum absolute atomic E-state index is 0.636. The van der Waals surface area contributed by atoms with Gasteiger partial charge in [-0.1, -0.05) is 0 Å². The Morgan fingerprint density at radius 2 is 2.08 bits per heavy atom. The van der Waals surface area contributed by atoms with Crippen molar-refractivity contribution in [3.63, 3.8) is 0 Å². The number of nitrogen functional groups attached to an aromatic ring is 1. The minimum atomic E-state index is 0.636. The Kier molecular flexibility index (Phi) is 1.46. The van der Waals surface area contributed by atoms with Gasteiger partial charge in [-0.15, -0.1) is 0 Å². The molecule has 1 aliphatic rings. The molecule has 3 nitrogen and oxygen atoms in total. The molecule has 1 aromatic heterocycles. The van der Waals surface area contributed by atoms with E-state index < -0.39 is 0 Å². The lowest BCUT2D eigenvalue weighted by atomic mass is 10.1. The number of pyridine rings is 1. The van der Waals surface area contributed by atoms with Gasteiger partial charge in [0.1, 0.15) is 11.6 Å². The smallest absolute Gasteiger partial charge is 0.144 e. The second-order valence-corrected chi connectivity index (χ2v) is 3.12. The normalized spacial score (nSPS) is 14.2. The van der Waals surface area contributed by atoms with Crippen LogP contribution in [-0.4, -0.2) is 11.6 Å². The van der Waals surface area contributed by atoms with Crippen molar-refractivity contribution in [1.29, 1.82) is 0 Å². The fourth-order valence-electron chi connectivity index (χ4n) is 1.47. The molecule has 0 amide bonds. The van der Waals surface area contributed by atoms with Gasteiger partial charge in [0.25, 0.3) is 0 Å². The Morgan fingerprint density at radius 1 is 1.33 bits per heavy atom. The second kappa shape index (κ2) is 2.37. The van der Waals surface area contributed by atoms with Crippen LogP contribution in [0, 0.1) is 13.8 Å². The number of aromatic nitrogens is 1. The molecule has 0 aromatic carbocycles. The molecular formula is C9H12N2O. The van der Waals surface area contributed by atoms with E-state index in [9.17, 15) is 0 Å². The molecule has 0 bridgehead atoms. The van der Waals surface area contributed by atoms with Gasteiger partial charge >= 0.3 is 0 Å². The maximum atomic E-state index is 5.73. The van der Waals surface area contributed by atoms with E-state index >= 15 is 0 Å². The maximum Gasteiger partial charge on any atom is 0.144 e. The zero-order valence-electron chi connectivity index (χ0n) is 7.35. The molecule has 2 N–H and O–H groups in total. The van der Waals surface area contributed by atoms with Crippen LogP contribution in [0.1, 0.15) is 16.8 Å². The lowest BCUT2D eigenvalue weighted by Crippen LogP contribution is -1.99. The molecule has 0 aliphatic carbocycles. The Bertz CT molecular complexity index is 334. The van der Waals surface area contributed by atoms with Gasteiger partial charge in [-0.05, 0) is 25.0 Å². The number of nitrogens with zero attached hydrogens (tertiary/aromatic N) is 1. The maximum absolute atomic E-state index is 5.73. The van der Waals surface area contributed by atoms with Crippen LogP contribution in [0.4, 0.5) is 5.82 Å². The van der Waals surface area contributed by atoms with Gasteiger partial charge < -0.3 is 10.5 Å². The summed E-state index contributed by atoms with van der Waals surface area (Å²) in [4.78, 5) is 4.27. The highest BCUT2D eigenvalue weighted by atomic mass is 16.5. The van der Waals surface area contributed by atoms with Crippen LogP contribution < -0.4 is 10.5 Å². The number of anilines is 1. The molecule has 0 unspecified atom stereocenters. The summed E-state index contributed by atoms with van der Waals surface area (Å²) in [5.41, 5.74) is 8.91. The molecule has 0 atom stereocenters. The molecule has 2 rings (SSSR count). The largest absolute Gasteiger partial charge is 0.491 e. The quantitative estimate of drug-likeness (QED) is 0.627. The first kappa shape index (κ1) is 7.40. The van der Waals surface area contributed by atoms with Crippen molar-refractivity contribution in [3.8, 4) is 5.75 Å². The lowest BCUT2D eigenvalue weighted by molar-refractivity contribution is 0.354. The summed E-state index contributed by atoms with van der Waals surface area (Å²) in [5.74, 6) is 1.58. The van der Waals surface area contributed by atoms with E-state index in [1.54, 1.807) is 0 Å². The third-order valence-electron chi connectivity index (χ3n) is 2.39. The van der Waals surface area contributed by atoms with Gasteiger partial charge in [-0.25, -0.2) is 4.98 Å². The van der Waals surface area contributed by atoms with Gasteiger partial charge in [-0.2, -0.15) is 0 Å². The van der Waals surface area contributed by atoms with Gasteiger partial charge in [-0.3, -0.25) is 0 Å². The summed E-state index contributed by atoms with van der Waals surface area (Å²) >= 11 is 0. The van der Waals surface area contributed by atoms with Crippen LogP contribution in [0.5, 0.6) is 5.75 Å². The first-order valence-electron chi connectivity index (χ1n) is 4.08. The van der Waals surface area contributed by atoms with Crippen LogP contribution in [0.2, 0.25) is 0 Å². The molecule has 0 radical (unpaired) electrons. The highest BCUT2D eigenvalue weighted by Crippen LogP contribution is 2.31. The summed E-state index contributed by atoms with van der Waals surface area (Å²) in [6.07, 6.45) is 0.890. The van der Waals surface area contributed by atoms with Crippen molar-refractivity contribution in [2.45, 2.75) is 20.3 Å². The van der Waals surface area contributed by atoms with E-state index in [-0.39, 0.29) is 0 Å². The number of hydrogen-bond acceptors (Lipinski definition) is 3. The molecule has 0 fully saturated rings. The lowest BCUT2D eigenvalue weighted by Gasteiger charge is -2.08. The molecule has 64 valence electrons. The molecule has 2 heterocycles. The number of rotatable bonds is 0. The average molecular weight is 164 g/mol. The zero-order valence-corrected chi connectivity index (χ0v) is 7.35. The van der Waals surface area contributed by atoms with E-state index in [1.807, 2.05) is 13.8 Å². The number of ether oxygens (including phenoxy) is 1. The van der Waals surface area contributed by atoms with Crippen LogP contribution >= 0.6 is 0 Å². The number of nitrogens with two attached hydrogens (primary N) is 1. The molecule has 1 aromatic rings. The van der Waals surface area contributed by atoms with Crippen molar-refractivity contribution in [1.82, 2.24) is 4.98 Å². The van der Waals surface area contributed by atoms with Crippen LogP contribution in [0.25, 0.3) is 0 Å². The Labute approximate surface area is 71.6 Å². The van der Waals surface area contributed by atoms with Crippen LogP contribution in [0.3, 0.4) is 0 Å². The fraction of sp³-hybridized carbons (Fsp3) is 0.444. The van der Waals surface area contributed by atoms with Crippen molar-refractivity contribution in [3.05, 3.63) is 16.8 Å². The van der Waals surface area contributed by atoms with E-state index in [0.29, 0.717) is 5.82 Å². The molecule has 12 heavy (non-hydrogen) atoms. The standard InChI is InChI=1S/C9H12N2O/c1-5-6(2)9(10)11-7-3-4-12-8(5)7/h3-4H2,1-2H3,(H2,10,11). The molecule has 0 saturated heterocycles. The van der Waals surface area contributed by atoms with Gasteiger partial charge in [0.2, 0.25) is 0 Å². The van der Waals surface area contributed by atoms with Gasteiger partial charge in [0, 0.05) is 6.42 Å². The third-order valence-corrected chi connectivity index (χ3v) is 2.39. The van der Waals surface area contributed by atoms with E-state index in [0.717, 1.165) is 35.6 Å². The second-order valence-electron chi connectivity index (χ2n) is 3.12. The monoisotopic (exact) mass is 164 g/mol. The Morgan fingerprint density at radius 3 is 2.83 bits per heavy atom. The first-order valence-corrected chi connectivity index (χ1v) is 4.08. The van der Waals surface area contributed by atoms with Crippen molar-refractivity contribution in [2.24, 2.45) is 0 Å². The van der Waals surface area contributed by atoms with Crippen molar-refractivity contribution in [2.75, 3.05) is 12.3 Å². The van der Waals surface area contributed by atoms with Crippen LogP contribution in [-0.2, 0) is 6.42 Å². The Balaban J connectivity index is 2.67. The molecule has 0 spiro atoms. The van der Waals surface area contributed by atoms with E-state index in [2.05, 4.69) is 4.98 Å². The predicted octanol–water partition coefficient (Wildman–Crippen LogP) is 1.22. The molecule has 1 aliphatic heterocycles. The first-order chi connectivity index (χ1) is 5.70. The topological polar surface area (TPSA) is 48.1 Å². The van der Waals surface area contributed by atoms with Crippen LogP contribution in [0.15, 0.2) is 0 Å². The summed E-state index contributed by atoms with van der Waals surface area (Å²) in [6, 6.07) is 0. The Hall–Kier alpha value is -1.25. The summed E-state index contributed by atoms with van der Waals surface area (Å²) in [7, 11) is 0. The van der Waals surface area contributed by atoms with Gasteiger partial charge in [0.05, 0.1) is 12.3 Å². The summed E-state index contributed by atoms with van der Waals surface area (Å²) < 4.78 is 5.45. The predicted molar refractivity (Wildman–Crippen MR) is 47.3 cm³/mol. The van der Waals surface area contributed by atoms with Crippen molar-refractivity contribution < 1.29 is 4.74 Å². The van der Waals surface area contributed by atoms with Crippen molar-refractivity contribution >= 4 is 5.82 Å². The molecule has 0 saturated carbocycles. The number of fused-ring (bicyclic) bond motifs is 1. The summed E-state index contributed by atoms with van der Waals surface area (Å²) in [6.45, 7) is 4.74. The molecule has 3 heteroatoms. The minimum Gasteiger partial charge on any atom is -0.491 e. The highest BCUT2D eigenvalue weighted by molar-refractivity contribution is 5.53. The van der Waals surface area contributed by atoms with Gasteiger partial charge in [0.15, 0.2) is 0 Å². The summed E-state index contributed by atoms with van der Waals surface area (Å²) in [5, 5.41) is 0. The van der Waals surface area contributed by atoms with E-state index in [4.69, 9.17) is 10.5 Å². The van der Waals surface area contributed by atoms with E-state index in [1.165, 1.54) is 0 Å². The average Bonchev–Trinajstić information content (AvgIpc) is 2.48. The number of hydrogen-bond donors (Lipinski definition) is 1. The third kappa shape index (κ3) is 0.858. The SMILES string of the molecule is Cc1c(N)nc2c(c1C)OCC2. The highest BCUT2D eigenvalue weighted by Gasteiger charge is 2.18.